The Hall–Kier alpha value is -2.86. The molecule has 0 saturated carbocycles. The number of imidazole rings is 1. The molecule has 2 heterocycles. The third kappa shape index (κ3) is 3.15. The zero-order valence-electron chi connectivity index (χ0n) is 14.3. The normalized spacial score (nSPS) is 10.7. The maximum atomic E-state index is 14.1. The van der Waals surface area contributed by atoms with Gasteiger partial charge in [-0.15, -0.1) is 12.4 Å². The molecule has 0 aliphatic carbocycles. The first-order valence-electron chi connectivity index (χ1n) is 7.86. The summed E-state index contributed by atoms with van der Waals surface area (Å²) in [6, 6.07) is 12.4. The van der Waals surface area contributed by atoms with E-state index in [0.29, 0.717) is 18.1 Å². The summed E-state index contributed by atoms with van der Waals surface area (Å²) in [4.78, 5) is 8.86. The molecule has 0 fully saturated rings. The number of fused-ring (bicyclic) bond motifs is 1. The zero-order chi connectivity index (χ0) is 17.4. The van der Waals surface area contributed by atoms with Gasteiger partial charge in [-0.2, -0.15) is 0 Å². The van der Waals surface area contributed by atoms with Crippen LogP contribution < -0.4 is 4.74 Å². The Balaban J connectivity index is 0.00000196. The van der Waals surface area contributed by atoms with Gasteiger partial charge in [0.15, 0.2) is 0 Å². The molecule has 7 heteroatoms. The quantitative estimate of drug-likeness (QED) is 0.524. The molecule has 0 spiro atoms. The van der Waals surface area contributed by atoms with Crippen LogP contribution in [0.4, 0.5) is 4.39 Å². The molecule has 4 aromatic rings. The number of aromatic nitrogens is 3. The molecule has 2 aromatic carbocycles. The van der Waals surface area contributed by atoms with E-state index in [1.54, 1.807) is 18.5 Å². The Kier molecular flexibility index (Phi) is 4.95. The average Bonchev–Trinajstić information content (AvgIpc) is 3.20. The lowest BCUT2D eigenvalue weighted by Crippen LogP contribution is -2.00. The highest BCUT2D eigenvalue weighted by Crippen LogP contribution is 2.28. The van der Waals surface area contributed by atoms with E-state index in [4.69, 9.17) is 9.15 Å². The Bertz CT molecular complexity index is 1060. The summed E-state index contributed by atoms with van der Waals surface area (Å²) in [5, 5.41) is 0. The van der Waals surface area contributed by atoms with Crippen LogP contribution in [0, 0.1) is 12.7 Å². The molecule has 26 heavy (non-hydrogen) atoms. The van der Waals surface area contributed by atoms with Gasteiger partial charge in [0, 0.05) is 0 Å². The molecular formula is C19H17ClFN3O2. The van der Waals surface area contributed by atoms with Crippen molar-refractivity contribution in [1.82, 2.24) is 14.5 Å². The summed E-state index contributed by atoms with van der Waals surface area (Å²) >= 11 is 0. The van der Waals surface area contributed by atoms with Crippen molar-refractivity contribution in [1.29, 1.82) is 0 Å². The van der Waals surface area contributed by atoms with E-state index in [1.807, 2.05) is 35.8 Å². The second-order valence-corrected chi connectivity index (χ2v) is 5.73. The molecule has 0 unspecified atom stereocenters. The maximum absolute atomic E-state index is 14.1. The monoisotopic (exact) mass is 373 g/mol. The van der Waals surface area contributed by atoms with E-state index in [9.17, 15) is 4.39 Å². The van der Waals surface area contributed by atoms with Crippen LogP contribution in [0.25, 0.3) is 22.5 Å². The molecule has 0 aliphatic rings. The van der Waals surface area contributed by atoms with Gasteiger partial charge in [-0.3, -0.25) is 0 Å². The predicted molar refractivity (Wildman–Crippen MR) is 99.3 cm³/mol. The molecular weight excluding hydrogens is 357 g/mol. The van der Waals surface area contributed by atoms with Crippen LogP contribution in [-0.2, 0) is 6.54 Å². The number of hydrogen-bond acceptors (Lipinski definition) is 4. The van der Waals surface area contributed by atoms with Gasteiger partial charge in [0.2, 0.25) is 5.89 Å². The van der Waals surface area contributed by atoms with Gasteiger partial charge in [0.25, 0.3) is 0 Å². The molecule has 0 amide bonds. The number of ether oxygens (including phenoxy) is 1. The second kappa shape index (κ2) is 7.17. The molecule has 2 aromatic heterocycles. The number of para-hydroxylation sites is 2. The highest BCUT2D eigenvalue weighted by Gasteiger charge is 2.16. The first kappa shape index (κ1) is 17.9. The SMILES string of the molecule is COc1ccc(F)c(-c2nc(Cn3cnc4ccccc43)c(C)o2)c1.Cl. The fraction of sp³-hybridized carbons (Fsp3) is 0.158. The van der Waals surface area contributed by atoms with Crippen molar-refractivity contribution in [2.24, 2.45) is 0 Å². The van der Waals surface area contributed by atoms with Crippen LogP contribution >= 0.6 is 12.4 Å². The van der Waals surface area contributed by atoms with Gasteiger partial charge in [0.1, 0.15) is 23.0 Å². The van der Waals surface area contributed by atoms with Gasteiger partial charge in [0.05, 0.1) is 36.6 Å². The summed E-state index contributed by atoms with van der Waals surface area (Å²) < 4.78 is 27.0. The zero-order valence-corrected chi connectivity index (χ0v) is 15.1. The van der Waals surface area contributed by atoms with Crippen molar-refractivity contribution in [3.05, 3.63) is 66.1 Å². The molecule has 0 aliphatic heterocycles. The van der Waals surface area contributed by atoms with Crippen molar-refractivity contribution < 1.29 is 13.5 Å². The van der Waals surface area contributed by atoms with Gasteiger partial charge < -0.3 is 13.7 Å². The Labute approximate surface area is 155 Å². The number of nitrogens with zero attached hydrogens (tertiary/aromatic N) is 3. The number of halogens is 2. The number of benzene rings is 2. The second-order valence-electron chi connectivity index (χ2n) is 5.73. The minimum atomic E-state index is -0.401. The molecule has 0 radical (unpaired) electrons. The van der Waals surface area contributed by atoms with Crippen LogP contribution in [-0.4, -0.2) is 21.6 Å². The summed E-state index contributed by atoms with van der Waals surface area (Å²) in [6.07, 6.45) is 1.77. The standard InChI is InChI=1S/C19H16FN3O2.ClH/c1-12-17(10-23-11-21-16-5-3-4-6-18(16)23)22-19(25-12)14-9-13(24-2)7-8-15(14)20;/h3-9,11H,10H2,1-2H3;1H. The Morgan fingerprint density at radius 1 is 1.19 bits per heavy atom. The summed E-state index contributed by atoms with van der Waals surface area (Å²) in [7, 11) is 1.54. The number of aryl methyl sites for hydroxylation is 1. The van der Waals surface area contributed by atoms with Gasteiger partial charge in [-0.25, -0.2) is 14.4 Å². The molecule has 5 nitrogen and oxygen atoms in total. The van der Waals surface area contributed by atoms with E-state index >= 15 is 0 Å². The maximum Gasteiger partial charge on any atom is 0.229 e. The fourth-order valence-corrected chi connectivity index (χ4v) is 2.78. The fourth-order valence-electron chi connectivity index (χ4n) is 2.78. The lowest BCUT2D eigenvalue weighted by molar-refractivity contribution is 0.413. The van der Waals surface area contributed by atoms with Gasteiger partial charge in [-0.05, 0) is 37.3 Å². The van der Waals surface area contributed by atoms with E-state index in [2.05, 4.69) is 9.97 Å². The third-order valence-electron chi connectivity index (χ3n) is 4.14. The van der Waals surface area contributed by atoms with Crippen LogP contribution in [0.2, 0.25) is 0 Å². The summed E-state index contributed by atoms with van der Waals surface area (Å²) in [6.45, 7) is 2.32. The summed E-state index contributed by atoms with van der Waals surface area (Å²) in [5.74, 6) is 1.04. The summed E-state index contributed by atoms with van der Waals surface area (Å²) in [5.41, 5.74) is 2.95. The number of oxazole rings is 1. The van der Waals surface area contributed by atoms with Crippen molar-refractivity contribution in [2.45, 2.75) is 13.5 Å². The highest BCUT2D eigenvalue weighted by atomic mass is 35.5. The van der Waals surface area contributed by atoms with Crippen molar-refractivity contribution in [2.75, 3.05) is 7.11 Å². The van der Waals surface area contributed by atoms with Crippen molar-refractivity contribution in [3.63, 3.8) is 0 Å². The number of hydrogen-bond donors (Lipinski definition) is 0. The van der Waals surface area contributed by atoms with E-state index < -0.39 is 5.82 Å². The van der Waals surface area contributed by atoms with Gasteiger partial charge >= 0.3 is 0 Å². The minimum absolute atomic E-state index is 0. The van der Waals surface area contributed by atoms with Crippen LogP contribution in [0.3, 0.4) is 0 Å². The van der Waals surface area contributed by atoms with Crippen molar-refractivity contribution in [3.8, 4) is 17.2 Å². The Morgan fingerprint density at radius 2 is 2.00 bits per heavy atom. The first-order chi connectivity index (χ1) is 12.2. The Morgan fingerprint density at radius 3 is 2.81 bits per heavy atom. The van der Waals surface area contributed by atoms with Crippen LogP contribution in [0.15, 0.2) is 53.2 Å². The number of methoxy groups -OCH3 is 1. The average molecular weight is 374 g/mol. The van der Waals surface area contributed by atoms with E-state index in [-0.39, 0.29) is 23.9 Å². The van der Waals surface area contributed by atoms with E-state index in [1.165, 1.54) is 13.2 Å². The lowest BCUT2D eigenvalue weighted by Gasteiger charge is -2.02. The topological polar surface area (TPSA) is 53.1 Å². The molecule has 0 N–H and O–H groups in total. The van der Waals surface area contributed by atoms with Crippen LogP contribution in [0.5, 0.6) is 5.75 Å². The largest absolute Gasteiger partial charge is 0.497 e. The molecule has 0 atom stereocenters. The minimum Gasteiger partial charge on any atom is -0.497 e. The van der Waals surface area contributed by atoms with Crippen molar-refractivity contribution >= 4 is 23.4 Å². The first-order valence-corrected chi connectivity index (χ1v) is 7.86. The van der Waals surface area contributed by atoms with Gasteiger partial charge in [-0.1, -0.05) is 12.1 Å². The third-order valence-corrected chi connectivity index (χ3v) is 4.14. The molecule has 4 rings (SSSR count). The highest BCUT2D eigenvalue weighted by molar-refractivity contribution is 5.85. The van der Waals surface area contributed by atoms with E-state index in [0.717, 1.165) is 16.7 Å². The molecule has 0 bridgehead atoms. The predicted octanol–water partition coefficient (Wildman–Crippen LogP) is 4.62. The molecule has 134 valence electrons. The number of rotatable bonds is 4. The lowest BCUT2D eigenvalue weighted by atomic mass is 10.2. The van der Waals surface area contributed by atoms with Crippen LogP contribution in [0.1, 0.15) is 11.5 Å². The molecule has 0 saturated heterocycles. The smallest absolute Gasteiger partial charge is 0.229 e.